The molecular weight excluding hydrogens is 544 g/mol. The van der Waals surface area contributed by atoms with Crippen molar-refractivity contribution in [1.82, 2.24) is 0 Å². The summed E-state index contributed by atoms with van der Waals surface area (Å²) in [5, 5.41) is 23.9. The van der Waals surface area contributed by atoms with Crippen molar-refractivity contribution >= 4 is 23.1 Å². The summed E-state index contributed by atoms with van der Waals surface area (Å²) in [7, 11) is 0. The topological polar surface area (TPSA) is 74.6 Å². The van der Waals surface area contributed by atoms with Gasteiger partial charge in [-0.05, 0) is 88.8 Å². The van der Waals surface area contributed by atoms with Gasteiger partial charge in [-0.25, -0.2) is 0 Å². The van der Waals surface area contributed by atoms with E-state index in [1.165, 1.54) is 13.8 Å². The number of carbonyl (C=O) groups is 2. The van der Waals surface area contributed by atoms with Crippen LogP contribution in [0.15, 0.2) is 96.1 Å². The summed E-state index contributed by atoms with van der Waals surface area (Å²) in [4.78, 5) is 27.7. The van der Waals surface area contributed by atoms with Crippen LogP contribution in [0.3, 0.4) is 0 Å². The summed E-state index contributed by atoms with van der Waals surface area (Å²) < 4.78 is 0. The van der Waals surface area contributed by atoms with E-state index >= 15 is 0 Å². The van der Waals surface area contributed by atoms with Gasteiger partial charge in [0, 0.05) is 34.1 Å². The number of rotatable bonds is 9. The van der Waals surface area contributed by atoms with Crippen molar-refractivity contribution in [2.24, 2.45) is 0 Å². The lowest BCUT2D eigenvalue weighted by Crippen LogP contribution is -2.27. The summed E-state index contributed by atoms with van der Waals surface area (Å²) in [5.74, 6) is -2.53. The van der Waals surface area contributed by atoms with E-state index in [2.05, 4.69) is 24.3 Å². The number of aryl methyl sites for hydroxylation is 6. The van der Waals surface area contributed by atoms with E-state index < -0.39 is 11.8 Å². The lowest BCUT2D eigenvalue weighted by Gasteiger charge is -2.35. The molecule has 0 aliphatic rings. The molecule has 0 heterocycles. The van der Waals surface area contributed by atoms with Gasteiger partial charge in [0.15, 0.2) is 11.6 Å². The van der Waals surface area contributed by atoms with Crippen LogP contribution in [-0.2, 0) is 9.59 Å². The van der Waals surface area contributed by atoms with E-state index in [-0.39, 0.29) is 34.2 Å². The van der Waals surface area contributed by atoms with Gasteiger partial charge in [-0.15, -0.1) is 0 Å². The van der Waals surface area contributed by atoms with E-state index in [0.717, 1.165) is 44.5 Å². The Morgan fingerprint density at radius 3 is 1.02 bits per heavy atom. The van der Waals surface area contributed by atoms with Crippen molar-refractivity contribution in [2.75, 3.05) is 0 Å². The number of hydrogen-bond donors (Lipinski definition) is 2. The first-order chi connectivity index (χ1) is 20.8. The quantitative estimate of drug-likeness (QED) is 0.151. The number of hydrogen-bond acceptors (Lipinski definition) is 4. The highest BCUT2D eigenvalue weighted by atomic mass is 16.3. The second-order valence-electron chi connectivity index (χ2n) is 11.9. The summed E-state index contributed by atoms with van der Waals surface area (Å²) in [5.41, 5.74) is 8.92. The number of allylic oxidation sites excluding steroid dienone is 2. The molecule has 0 aliphatic heterocycles. The largest absolute Gasteiger partial charge is 0.507 e. The first-order valence-corrected chi connectivity index (χ1v) is 15.0. The Hall–Kier alpha value is -4.70. The van der Waals surface area contributed by atoms with Crippen molar-refractivity contribution in [3.8, 4) is 0 Å². The van der Waals surface area contributed by atoms with Gasteiger partial charge in [0.2, 0.25) is 0 Å². The zero-order valence-corrected chi connectivity index (χ0v) is 26.9. The van der Waals surface area contributed by atoms with Crippen molar-refractivity contribution < 1.29 is 19.8 Å². The highest BCUT2D eigenvalue weighted by molar-refractivity contribution is 6.05. The predicted octanol–water partition coefficient (Wildman–Crippen LogP) is 9.52. The van der Waals surface area contributed by atoms with Crippen LogP contribution in [0, 0.1) is 41.5 Å². The minimum atomic E-state index is -0.807. The predicted molar refractivity (Wildman–Crippen MR) is 180 cm³/mol. The first-order valence-electron chi connectivity index (χ1n) is 15.0. The number of Topliss-reactive ketones (excluding diaryl/α,β-unsaturated/α-hetero) is 2. The van der Waals surface area contributed by atoms with Gasteiger partial charge in [-0.1, -0.05) is 96.1 Å². The molecule has 2 atom stereocenters. The average Bonchev–Trinajstić information content (AvgIpc) is 2.95. The first kappa shape index (κ1) is 32.2. The molecule has 4 rings (SSSR count). The van der Waals surface area contributed by atoms with E-state index in [0.29, 0.717) is 11.1 Å². The molecule has 4 nitrogen and oxygen atoms in total. The van der Waals surface area contributed by atoms with Crippen LogP contribution in [0.25, 0.3) is 11.5 Å². The number of aliphatic hydroxyl groups is 2. The molecule has 2 N–H and O–H groups in total. The molecule has 4 aromatic rings. The molecule has 0 bridgehead atoms. The van der Waals surface area contributed by atoms with E-state index in [9.17, 15) is 19.8 Å². The molecule has 0 spiro atoms. The number of benzene rings is 4. The maximum absolute atomic E-state index is 13.9. The molecule has 0 saturated heterocycles. The van der Waals surface area contributed by atoms with Gasteiger partial charge in [-0.2, -0.15) is 0 Å². The van der Waals surface area contributed by atoms with Crippen molar-refractivity contribution in [3.63, 3.8) is 0 Å². The SMILES string of the molecule is CC(=O)/C(=C(/O)c1ccccc1)[C@@H](c1c(C)cc(C)cc1C)[C@@H](/C(C(C)=O)=C(\O)c1ccccc1)c1c(C)cc(C)cc1C. The second kappa shape index (κ2) is 13.3. The standard InChI is InChI=1S/C40H42O4/c1-23-19-25(3)33(26(4)20-23)37(35(29(7)41)39(43)31-15-11-9-12-16-31)38(34-27(5)21-24(2)22-28(34)6)36(30(8)42)40(44)32-17-13-10-14-18-32/h9-22,37-38,43-44H,1-8H3/b39-35-,40-36-/t37-,38-/m1/s1. The molecule has 0 aliphatic carbocycles. The van der Waals surface area contributed by atoms with E-state index in [1.54, 1.807) is 24.3 Å². The van der Waals surface area contributed by atoms with Crippen LogP contribution in [-0.4, -0.2) is 21.8 Å². The number of carbonyl (C=O) groups excluding carboxylic acids is 2. The van der Waals surface area contributed by atoms with E-state index in [4.69, 9.17) is 0 Å². The highest BCUT2D eigenvalue weighted by Crippen LogP contribution is 2.50. The van der Waals surface area contributed by atoms with Crippen LogP contribution >= 0.6 is 0 Å². The van der Waals surface area contributed by atoms with Crippen LogP contribution < -0.4 is 0 Å². The third-order valence-electron chi connectivity index (χ3n) is 8.42. The van der Waals surface area contributed by atoms with Crippen LogP contribution in [0.5, 0.6) is 0 Å². The fourth-order valence-electron chi connectivity index (χ4n) is 6.89. The Labute approximate surface area is 261 Å². The minimum absolute atomic E-state index is 0.142. The molecule has 0 amide bonds. The summed E-state index contributed by atoms with van der Waals surface area (Å²) in [6, 6.07) is 26.3. The minimum Gasteiger partial charge on any atom is -0.507 e. The maximum Gasteiger partial charge on any atom is 0.160 e. The van der Waals surface area contributed by atoms with Crippen molar-refractivity contribution in [1.29, 1.82) is 0 Å². The highest BCUT2D eigenvalue weighted by Gasteiger charge is 2.41. The van der Waals surface area contributed by atoms with Gasteiger partial charge in [-0.3, -0.25) is 9.59 Å². The normalized spacial score (nSPS) is 13.9. The Balaban J connectivity index is 2.29. The Morgan fingerprint density at radius 1 is 0.500 bits per heavy atom. The fraction of sp³-hybridized carbons (Fsp3) is 0.250. The fourth-order valence-corrected chi connectivity index (χ4v) is 6.89. The number of ketones is 2. The maximum atomic E-state index is 13.9. The molecule has 0 unspecified atom stereocenters. The van der Waals surface area contributed by atoms with Gasteiger partial charge in [0.05, 0.1) is 0 Å². The lowest BCUT2D eigenvalue weighted by atomic mass is 9.66. The smallest absolute Gasteiger partial charge is 0.160 e. The van der Waals surface area contributed by atoms with Crippen LogP contribution in [0.1, 0.15) is 81.3 Å². The molecule has 0 aromatic heterocycles. The molecule has 0 radical (unpaired) electrons. The van der Waals surface area contributed by atoms with E-state index in [1.807, 2.05) is 77.9 Å². The van der Waals surface area contributed by atoms with Gasteiger partial charge >= 0.3 is 0 Å². The molecule has 44 heavy (non-hydrogen) atoms. The molecule has 0 saturated carbocycles. The molecule has 4 heteroatoms. The van der Waals surface area contributed by atoms with Crippen LogP contribution in [0.2, 0.25) is 0 Å². The third kappa shape index (κ3) is 6.45. The van der Waals surface area contributed by atoms with Crippen molar-refractivity contribution in [2.45, 2.75) is 67.2 Å². The molecular formula is C40H42O4. The summed E-state index contributed by atoms with van der Waals surface area (Å²) in [6.45, 7) is 15.0. The molecule has 226 valence electrons. The second-order valence-corrected chi connectivity index (χ2v) is 11.9. The summed E-state index contributed by atoms with van der Waals surface area (Å²) >= 11 is 0. The van der Waals surface area contributed by atoms with Gasteiger partial charge in [0.25, 0.3) is 0 Å². The Kier molecular flexibility index (Phi) is 9.74. The van der Waals surface area contributed by atoms with Crippen LogP contribution in [0.4, 0.5) is 0 Å². The Bertz CT molecular complexity index is 1600. The van der Waals surface area contributed by atoms with Crippen molar-refractivity contribution in [3.05, 3.63) is 152 Å². The molecule has 0 fully saturated rings. The number of aliphatic hydroxyl groups excluding tert-OH is 2. The zero-order valence-electron chi connectivity index (χ0n) is 26.9. The average molecular weight is 587 g/mol. The Morgan fingerprint density at radius 2 is 0.773 bits per heavy atom. The monoisotopic (exact) mass is 586 g/mol. The lowest BCUT2D eigenvalue weighted by molar-refractivity contribution is -0.115. The van der Waals surface area contributed by atoms with Gasteiger partial charge < -0.3 is 10.2 Å². The zero-order chi connectivity index (χ0) is 32.3. The third-order valence-corrected chi connectivity index (χ3v) is 8.42. The van der Waals surface area contributed by atoms with Gasteiger partial charge in [0.1, 0.15) is 11.5 Å². The molecule has 4 aromatic carbocycles. The summed E-state index contributed by atoms with van der Waals surface area (Å²) in [6.07, 6.45) is 0.